The summed E-state index contributed by atoms with van der Waals surface area (Å²) in [6.07, 6.45) is 0.427. The minimum Gasteiger partial charge on any atom is -0.467 e. The van der Waals surface area contributed by atoms with E-state index >= 15 is 0 Å². The van der Waals surface area contributed by atoms with E-state index in [-0.39, 0.29) is 16.5 Å². The number of nitrogens with one attached hydrogen (secondary N) is 1. The Kier molecular flexibility index (Phi) is 7.54. The summed E-state index contributed by atoms with van der Waals surface area (Å²) < 4.78 is 9.55. The molecule has 1 amide bonds. The maximum absolute atomic E-state index is 11.8. The van der Waals surface area contributed by atoms with Gasteiger partial charge in [-0.1, -0.05) is 37.6 Å². The Labute approximate surface area is 140 Å². The van der Waals surface area contributed by atoms with Crippen LogP contribution in [0.5, 0.6) is 0 Å². The van der Waals surface area contributed by atoms with Crippen LogP contribution in [0.25, 0.3) is 0 Å². The van der Waals surface area contributed by atoms with Crippen molar-refractivity contribution in [2.24, 2.45) is 5.92 Å². The molecule has 1 aromatic carbocycles. The predicted molar refractivity (Wildman–Crippen MR) is 85.1 cm³/mol. The third-order valence-corrected chi connectivity index (χ3v) is 3.29. The van der Waals surface area contributed by atoms with Crippen LogP contribution in [0.1, 0.15) is 30.6 Å². The molecule has 1 rings (SSSR count). The molecule has 7 heteroatoms. The van der Waals surface area contributed by atoms with E-state index in [4.69, 9.17) is 16.3 Å². The van der Waals surface area contributed by atoms with E-state index in [9.17, 15) is 14.4 Å². The van der Waals surface area contributed by atoms with Crippen molar-refractivity contribution in [1.29, 1.82) is 0 Å². The molecule has 0 saturated carbocycles. The van der Waals surface area contributed by atoms with Gasteiger partial charge in [-0.3, -0.25) is 4.79 Å². The van der Waals surface area contributed by atoms with Crippen LogP contribution < -0.4 is 5.32 Å². The number of rotatable bonds is 7. The van der Waals surface area contributed by atoms with Gasteiger partial charge in [-0.05, 0) is 24.5 Å². The van der Waals surface area contributed by atoms with E-state index < -0.39 is 30.5 Å². The van der Waals surface area contributed by atoms with Crippen LogP contribution in [0, 0.1) is 5.92 Å². The van der Waals surface area contributed by atoms with Crippen LogP contribution in [-0.2, 0) is 19.1 Å². The highest BCUT2D eigenvalue weighted by atomic mass is 35.5. The number of carbonyl (C=O) groups excluding carboxylic acids is 3. The molecule has 0 saturated heterocycles. The van der Waals surface area contributed by atoms with Crippen molar-refractivity contribution in [3.05, 3.63) is 34.9 Å². The monoisotopic (exact) mass is 341 g/mol. The number of benzene rings is 1. The fourth-order valence-electron chi connectivity index (χ4n) is 1.90. The van der Waals surface area contributed by atoms with Gasteiger partial charge in [-0.15, -0.1) is 0 Å². The fraction of sp³-hybridized carbons (Fsp3) is 0.438. The molecule has 0 spiro atoms. The maximum atomic E-state index is 11.8. The number of amides is 1. The van der Waals surface area contributed by atoms with E-state index in [0.717, 1.165) is 0 Å². The van der Waals surface area contributed by atoms with Crippen molar-refractivity contribution >= 4 is 29.4 Å². The summed E-state index contributed by atoms with van der Waals surface area (Å²) >= 11 is 5.87. The Morgan fingerprint density at radius 3 is 2.43 bits per heavy atom. The first-order chi connectivity index (χ1) is 10.8. The molecule has 23 heavy (non-hydrogen) atoms. The van der Waals surface area contributed by atoms with E-state index in [2.05, 4.69) is 10.1 Å². The highest BCUT2D eigenvalue weighted by Gasteiger charge is 2.23. The van der Waals surface area contributed by atoms with Gasteiger partial charge in [0.2, 0.25) is 0 Å². The van der Waals surface area contributed by atoms with Crippen molar-refractivity contribution in [3.8, 4) is 0 Å². The molecule has 0 aliphatic carbocycles. The van der Waals surface area contributed by atoms with Gasteiger partial charge < -0.3 is 14.8 Å². The Morgan fingerprint density at radius 2 is 1.87 bits per heavy atom. The van der Waals surface area contributed by atoms with Crippen molar-refractivity contribution < 1.29 is 23.9 Å². The lowest BCUT2D eigenvalue weighted by molar-refractivity contribution is -0.145. The SMILES string of the molecule is COC(=O)[C@H](CC(C)C)NC(=O)COC(=O)c1ccccc1Cl. The summed E-state index contributed by atoms with van der Waals surface area (Å²) in [6.45, 7) is 3.33. The first-order valence-corrected chi connectivity index (χ1v) is 7.51. The highest BCUT2D eigenvalue weighted by molar-refractivity contribution is 6.33. The summed E-state index contributed by atoms with van der Waals surface area (Å²) in [6, 6.07) is 5.59. The van der Waals surface area contributed by atoms with Gasteiger partial charge in [0.1, 0.15) is 6.04 Å². The topological polar surface area (TPSA) is 81.7 Å². The Balaban J connectivity index is 2.56. The van der Waals surface area contributed by atoms with E-state index in [1.54, 1.807) is 18.2 Å². The molecule has 0 radical (unpaired) electrons. The normalized spacial score (nSPS) is 11.7. The fourth-order valence-corrected chi connectivity index (χ4v) is 2.11. The zero-order chi connectivity index (χ0) is 17.4. The zero-order valence-electron chi connectivity index (χ0n) is 13.3. The average molecular weight is 342 g/mol. The largest absolute Gasteiger partial charge is 0.467 e. The maximum Gasteiger partial charge on any atom is 0.340 e. The van der Waals surface area contributed by atoms with Crippen molar-refractivity contribution in [3.63, 3.8) is 0 Å². The van der Waals surface area contributed by atoms with Gasteiger partial charge in [0.25, 0.3) is 5.91 Å². The number of ether oxygens (including phenoxy) is 2. The summed E-state index contributed by atoms with van der Waals surface area (Å²) in [5.74, 6) is -1.64. The molecule has 0 aromatic heterocycles. The van der Waals surface area contributed by atoms with Gasteiger partial charge >= 0.3 is 11.9 Å². The number of methoxy groups -OCH3 is 1. The second kappa shape index (κ2) is 9.15. The number of hydrogen-bond acceptors (Lipinski definition) is 5. The molecule has 0 aliphatic heterocycles. The van der Waals surface area contributed by atoms with Crippen LogP contribution >= 0.6 is 11.6 Å². The molecule has 0 aliphatic rings. The van der Waals surface area contributed by atoms with Crippen molar-refractivity contribution in [2.45, 2.75) is 26.3 Å². The Bertz CT molecular complexity index is 573. The minimum absolute atomic E-state index is 0.175. The van der Waals surface area contributed by atoms with E-state index in [1.807, 2.05) is 13.8 Å². The number of halogens is 1. The van der Waals surface area contributed by atoms with Crippen LogP contribution in [0.3, 0.4) is 0 Å². The van der Waals surface area contributed by atoms with Gasteiger partial charge in [0.15, 0.2) is 6.61 Å². The van der Waals surface area contributed by atoms with E-state index in [1.165, 1.54) is 13.2 Å². The summed E-state index contributed by atoms with van der Waals surface area (Å²) in [4.78, 5) is 35.3. The summed E-state index contributed by atoms with van der Waals surface area (Å²) in [7, 11) is 1.25. The molecule has 126 valence electrons. The second-order valence-electron chi connectivity index (χ2n) is 5.33. The predicted octanol–water partition coefficient (Wildman–Crippen LogP) is 2.20. The second-order valence-corrected chi connectivity index (χ2v) is 5.74. The van der Waals surface area contributed by atoms with E-state index in [0.29, 0.717) is 6.42 Å². The number of esters is 2. The third kappa shape index (κ3) is 6.28. The third-order valence-electron chi connectivity index (χ3n) is 2.96. The first kappa shape index (κ1) is 19.0. The van der Waals surface area contributed by atoms with Crippen LogP contribution in [0.2, 0.25) is 5.02 Å². The van der Waals surface area contributed by atoms with Gasteiger partial charge in [0.05, 0.1) is 17.7 Å². The Hall–Kier alpha value is -2.08. The lowest BCUT2D eigenvalue weighted by Gasteiger charge is -2.18. The molecule has 0 fully saturated rings. The quantitative estimate of drug-likeness (QED) is 0.769. The number of carbonyl (C=O) groups is 3. The zero-order valence-corrected chi connectivity index (χ0v) is 14.1. The lowest BCUT2D eigenvalue weighted by Crippen LogP contribution is -2.44. The number of hydrogen-bond donors (Lipinski definition) is 1. The molecule has 1 atom stereocenters. The molecule has 0 unspecified atom stereocenters. The van der Waals surface area contributed by atoms with Gasteiger partial charge in [0, 0.05) is 0 Å². The molecular weight excluding hydrogens is 322 g/mol. The molecule has 1 N–H and O–H groups in total. The van der Waals surface area contributed by atoms with Crippen molar-refractivity contribution in [2.75, 3.05) is 13.7 Å². The summed E-state index contributed by atoms with van der Waals surface area (Å²) in [5.41, 5.74) is 0.175. The smallest absolute Gasteiger partial charge is 0.340 e. The lowest BCUT2D eigenvalue weighted by atomic mass is 10.0. The van der Waals surface area contributed by atoms with Crippen LogP contribution in [0.15, 0.2) is 24.3 Å². The standard InChI is InChI=1S/C16H20ClNO5/c1-10(2)8-13(16(21)22-3)18-14(19)9-23-15(20)11-6-4-5-7-12(11)17/h4-7,10,13H,8-9H2,1-3H3,(H,18,19)/t13-/m0/s1. The van der Waals surface area contributed by atoms with Crippen molar-refractivity contribution in [1.82, 2.24) is 5.32 Å². The average Bonchev–Trinajstić information content (AvgIpc) is 2.51. The molecule has 0 heterocycles. The van der Waals surface area contributed by atoms with Gasteiger partial charge in [-0.2, -0.15) is 0 Å². The molecule has 1 aromatic rings. The minimum atomic E-state index is -0.772. The summed E-state index contributed by atoms with van der Waals surface area (Å²) in [5, 5.41) is 2.74. The van der Waals surface area contributed by atoms with Crippen LogP contribution in [-0.4, -0.2) is 37.6 Å². The first-order valence-electron chi connectivity index (χ1n) is 7.14. The molecule has 6 nitrogen and oxygen atoms in total. The highest BCUT2D eigenvalue weighted by Crippen LogP contribution is 2.15. The Morgan fingerprint density at radius 1 is 1.22 bits per heavy atom. The molecular formula is C16H20ClNO5. The van der Waals surface area contributed by atoms with Gasteiger partial charge in [-0.25, -0.2) is 9.59 Å². The van der Waals surface area contributed by atoms with Crippen LogP contribution in [0.4, 0.5) is 0 Å². The molecule has 0 bridgehead atoms.